The molecule has 1 fully saturated rings. The van der Waals surface area contributed by atoms with Crippen LogP contribution in [0.4, 0.5) is 5.13 Å². The average molecular weight is 523 g/mol. The van der Waals surface area contributed by atoms with Gasteiger partial charge in [-0.2, -0.15) is 0 Å². The van der Waals surface area contributed by atoms with Crippen LogP contribution in [0, 0.1) is 0 Å². The molecule has 178 valence electrons. The molecule has 1 unspecified atom stereocenters. The molecule has 3 N–H and O–H groups in total. The molecule has 0 aromatic carbocycles. The van der Waals surface area contributed by atoms with Gasteiger partial charge >= 0.3 is 0 Å². The molecule has 0 aliphatic carbocycles. The number of aliphatic carboxylic acids is 1. The largest absolute Gasteiger partial charge is 0.543 e. The number of carboxylic acids is 1. The summed E-state index contributed by atoms with van der Waals surface area (Å²) in [5.41, 5.74) is 5.84. The smallest absolute Gasteiger partial charge is 0.276 e. The number of hydrogen-bond acceptors (Lipinski definition) is 10. The van der Waals surface area contributed by atoms with Crippen LogP contribution < -0.4 is 20.7 Å². The maximum Gasteiger partial charge on any atom is 0.276 e. The van der Waals surface area contributed by atoms with Crippen molar-refractivity contribution in [1.29, 1.82) is 0 Å². The summed E-state index contributed by atoms with van der Waals surface area (Å²) in [6, 6.07) is 4.52. The first kappa shape index (κ1) is 24.0. The molecule has 2 aromatic heterocycles. The number of nitrogens with two attached hydrogens (primary N) is 1. The molecule has 4 heterocycles. The van der Waals surface area contributed by atoms with E-state index in [0.717, 1.165) is 16.2 Å². The zero-order valence-electron chi connectivity index (χ0n) is 17.8. The minimum absolute atomic E-state index is 0.0348. The predicted octanol–water partition coefficient (Wildman–Crippen LogP) is -0.489. The van der Waals surface area contributed by atoms with Crippen molar-refractivity contribution in [2.24, 2.45) is 5.16 Å². The molecule has 2 aliphatic heterocycles. The van der Waals surface area contributed by atoms with Gasteiger partial charge in [-0.15, -0.1) is 11.8 Å². The second-order valence-electron chi connectivity index (χ2n) is 7.18. The van der Waals surface area contributed by atoms with Crippen molar-refractivity contribution < 1.29 is 28.9 Å². The zero-order chi connectivity index (χ0) is 24.4. The van der Waals surface area contributed by atoms with Crippen LogP contribution in [-0.4, -0.2) is 57.2 Å². The van der Waals surface area contributed by atoms with Crippen molar-refractivity contribution in [3.8, 4) is 0 Å². The number of carbonyl (C=O) groups excluding carboxylic acids is 3. The first-order chi connectivity index (χ1) is 16.3. The Balaban J connectivity index is 1.55. The van der Waals surface area contributed by atoms with E-state index in [-0.39, 0.29) is 33.2 Å². The number of carboxylic acid groups (broad SMARTS) is 1. The minimum Gasteiger partial charge on any atom is -0.543 e. The van der Waals surface area contributed by atoms with Crippen molar-refractivity contribution in [2.45, 2.75) is 24.9 Å². The van der Waals surface area contributed by atoms with Crippen LogP contribution in [0.2, 0.25) is 4.34 Å². The molecule has 1 saturated heterocycles. The van der Waals surface area contributed by atoms with Crippen molar-refractivity contribution >= 4 is 63.3 Å². The second kappa shape index (κ2) is 9.99. The van der Waals surface area contributed by atoms with Crippen LogP contribution in [0.1, 0.15) is 12.6 Å². The Bertz CT molecular complexity index is 1200. The number of pyridine rings is 1. The van der Waals surface area contributed by atoms with E-state index in [1.54, 1.807) is 19.3 Å². The fraction of sp³-hybridized carbons (Fsp3) is 0.300. The van der Waals surface area contributed by atoms with E-state index in [1.807, 2.05) is 22.8 Å². The van der Waals surface area contributed by atoms with E-state index in [0.29, 0.717) is 17.9 Å². The summed E-state index contributed by atoms with van der Waals surface area (Å²) in [6.07, 6.45) is 3.60. The lowest BCUT2D eigenvalue weighted by atomic mass is 10.0. The number of halogens is 1. The van der Waals surface area contributed by atoms with Gasteiger partial charge in [0, 0.05) is 23.5 Å². The van der Waals surface area contributed by atoms with Crippen LogP contribution in [-0.2, 0) is 25.8 Å². The number of anilines is 1. The summed E-state index contributed by atoms with van der Waals surface area (Å²) in [5, 5.41) is 17.8. The summed E-state index contributed by atoms with van der Waals surface area (Å²) in [5.74, 6) is -2.41. The molecular weight excluding hydrogens is 504 g/mol. The summed E-state index contributed by atoms with van der Waals surface area (Å²) < 4.78 is 1.95. The number of aromatic nitrogens is 2. The van der Waals surface area contributed by atoms with E-state index in [1.165, 1.54) is 11.8 Å². The lowest BCUT2D eigenvalue weighted by Gasteiger charge is -2.50. The Labute approximate surface area is 207 Å². The van der Waals surface area contributed by atoms with Crippen molar-refractivity contribution in [2.75, 3.05) is 18.1 Å². The van der Waals surface area contributed by atoms with Gasteiger partial charge in [0.2, 0.25) is 0 Å². The highest BCUT2D eigenvalue weighted by molar-refractivity contribution is 8.00. The average Bonchev–Trinajstić information content (AvgIpc) is 3.15. The molecule has 0 bridgehead atoms. The third-order valence-corrected chi connectivity index (χ3v) is 7.43. The number of nitrogens with one attached hydrogen (secondary N) is 1. The molecule has 14 heteroatoms. The number of thioether (sulfide) groups is 1. The zero-order valence-corrected chi connectivity index (χ0v) is 20.2. The number of nitrogens with zero attached hydrogens (tertiary/aromatic N) is 4. The number of β-lactam (4-membered cyclic amide) rings is 1. The Morgan fingerprint density at radius 3 is 2.76 bits per heavy atom. The number of nitrogen functional groups attached to an aromatic ring is 1. The first-order valence-corrected chi connectivity index (χ1v) is 12.3. The summed E-state index contributed by atoms with van der Waals surface area (Å²) in [7, 11) is 0. The molecule has 2 aromatic rings. The number of hydrogen-bond donors (Lipinski definition) is 2. The fourth-order valence-electron chi connectivity index (χ4n) is 3.55. The molecule has 2 aliphatic rings. The third kappa shape index (κ3) is 4.58. The Kier molecular flexibility index (Phi) is 7.05. The summed E-state index contributed by atoms with van der Waals surface area (Å²) in [6.45, 7) is 2.16. The highest BCUT2D eigenvalue weighted by Gasteiger charge is 2.53. The monoisotopic (exact) mass is 522 g/mol. The number of thiazole rings is 1. The molecule has 0 radical (unpaired) electrons. The number of oxime groups is 1. The maximum absolute atomic E-state index is 13.0. The van der Waals surface area contributed by atoms with Gasteiger partial charge in [0.25, 0.3) is 11.8 Å². The molecule has 0 spiro atoms. The Morgan fingerprint density at radius 1 is 1.41 bits per heavy atom. The highest BCUT2D eigenvalue weighted by Crippen LogP contribution is 2.40. The van der Waals surface area contributed by atoms with Crippen LogP contribution in [0.15, 0.2) is 47.0 Å². The molecule has 0 saturated carbocycles. The molecule has 2 amide bonds. The van der Waals surface area contributed by atoms with E-state index in [2.05, 4.69) is 15.5 Å². The standard InChI is InChI=1S/C20H19ClN6O5S2/c1-2-32-25-12(11-15(21)34-20(22)24-11)16(28)23-13-17(29)27-14(19(30)31)10(9-33-18(13)27)8-26-6-4-3-5-7-26/h3-7,13,18H,2,8-9H2,1H3,(H3-,22,23,24,28,30,31)/t13?,18-/m1/s1. The number of fused-ring (bicyclic) bond motifs is 1. The number of carbonyl (C=O) groups is 3. The van der Waals surface area contributed by atoms with Gasteiger partial charge in [-0.3, -0.25) is 14.5 Å². The lowest BCUT2D eigenvalue weighted by Crippen LogP contribution is -2.71. The van der Waals surface area contributed by atoms with E-state index in [9.17, 15) is 19.5 Å². The molecule has 11 nitrogen and oxygen atoms in total. The van der Waals surface area contributed by atoms with Gasteiger partial charge in [-0.25, -0.2) is 9.55 Å². The fourth-order valence-corrected chi connectivity index (χ4v) is 5.81. The molecular formula is C20H19ClN6O5S2. The molecule has 2 atom stereocenters. The van der Waals surface area contributed by atoms with Gasteiger partial charge in [-0.05, 0) is 6.92 Å². The maximum atomic E-state index is 13.0. The Morgan fingerprint density at radius 2 is 2.15 bits per heavy atom. The van der Waals surface area contributed by atoms with Gasteiger partial charge in [0.05, 0.1) is 11.7 Å². The van der Waals surface area contributed by atoms with Crippen molar-refractivity contribution in [3.63, 3.8) is 0 Å². The predicted molar refractivity (Wildman–Crippen MR) is 123 cm³/mol. The summed E-state index contributed by atoms with van der Waals surface area (Å²) in [4.78, 5) is 48.0. The van der Waals surface area contributed by atoms with Crippen LogP contribution in [0.3, 0.4) is 0 Å². The quantitative estimate of drug-likeness (QED) is 0.204. The van der Waals surface area contributed by atoms with E-state index >= 15 is 0 Å². The third-order valence-electron chi connectivity index (χ3n) is 5.00. The van der Waals surface area contributed by atoms with Crippen LogP contribution >= 0.6 is 34.7 Å². The lowest BCUT2D eigenvalue weighted by molar-refractivity contribution is -0.689. The Hall–Kier alpha value is -3.16. The number of rotatable bonds is 8. The van der Waals surface area contributed by atoms with E-state index < -0.39 is 29.2 Å². The molecule has 4 rings (SSSR count). The summed E-state index contributed by atoms with van der Waals surface area (Å²) >= 11 is 8.43. The first-order valence-electron chi connectivity index (χ1n) is 10.1. The minimum atomic E-state index is -1.45. The highest BCUT2D eigenvalue weighted by atomic mass is 35.5. The van der Waals surface area contributed by atoms with Crippen molar-refractivity contribution in [1.82, 2.24) is 15.2 Å². The SMILES string of the molecule is CCON=C(C(=O)NC1C(=O)N2C(C(=O)[O-])=C(C[n+]3ccccc3)CS[C@H]12)c1nc(N)sc1Cl. The second-order valence-corrected chi connectivity index (χ2v) is 9.92. The topological polar surface area (TPSA) is 154 Å². The van der Waals surface area contributed by atoms with Crippen molar-refractivity contribution in [3.05, 3.63) is 51.9 Å². The van der Waals surface area contributed by atoms with Gasteiger partial charge in [-0.1, -0.05) is 34.2 Å². The van der Waals surface area contributed by atoms with E-state index in [4.69, 9.17) is 22.2 Å². The normalized spacial score (nSPS) is 20.0. The van der Waals surface area contributed by atoms with Crippen LogP contribution in [0.5, 0.6) is 0 Å². The number of amides is 2. The van der Waals surface area contributed by atoms with Gasteiger partial charge < -0.3 is 25.8 Å². The van der Waals surface area contributed by atoms with Gasteiger partial charge in [0.15, 0.2) is 29.8 Å². The van der Waals surface area contributed by atoms with Gasteiger partial charge in [0.1, 0.15) is 28.1 Å². The molecule has 34 heavy (non-hydrogen) atoms. The van der Waals surface area contributed by atoms with Crippen LogP contribution in [0.25, 0.3) is 0 Å².